The van der Waals surface area contributed by atoms with Gasteiger partial charge in [-0.2, -0.15) is 0 Å². The first-order chi connectivity index (χ1) is 12.1. The Labute approximate surface area is 148 Å². The summed E-state index contributed by atoms with van der Waals surface area (Å²) in [5.74, 6) is 2.77. The maximum atomic E-state index is 13.4. The van der Waals surface area contributed by atoms with Gasteiger partial charge in [0.1, 0.15) is 6.26 Å². The molecule has 2 heterocycles. The van der Waals surface area contributed by atoms with Gasteiger partial charge in [-0.25, -0.2) is 0 Å². The number of amides is 2. The number of carbonyl (C=O) groups excluding carboxylic acids is 2. The smallest absolute Gasteiger partial charge is 0.257 e. The van der Waals surface area contributed by atoms with Crippen LogP contribution in [-0.4, -0.2) is 47.8 Å². The molecule has 5 fully saturated rings. The Morgan fingerprint density at radius 1 is 0.920 bits per heavy atom. The fraction of sp³-hybridized carbons (Fsp3) is 0.700. The average Bonchev–Trinajstić information content (AvgIpc) is 3.14. The Hall–Kier alpha value is -1.78. The van der Waals surface area contributed by atoms with E-state index >= 15 is 0 Å². The molecule has 1 aromatic rings. The van der Waals surface area contributed by atoms with Gasteiger partial charge in [0.25, 0.3) is 5.91 Å². The Kier molecular flexibility index (Phi) is 3.47. The largest absolute Gasteiger partial charge is 0.472 e. The Morgan fingerprint density at radius 3 is 2.00 bits per heavy atom. The summed E-state index contributed by atoms with van der Waals surface area (Å²) in [7, 11) is 0. The molecule has 0 unspecified atom stereocenters. The van der Waals surface area contributed by atoms with Crippen molar-refractivity contribution >= 4 is 11.8 Å². The Morgan fingerprint density at radius 2 is 1.48 bits per heavy atom. The van der Waals surface area contributed by atoms with E-state index in [4.69, 9.17) is 4.42 Å². The molecule has 5 aliphatic rings. The van der Waals surface area contributed by atoms with Gasteiger partial charge in [-0.1, -0.05) is 0 Å². The van der Waals surface area contributed by atoms with Gasteiger partial charge in [0.15, 0.2) is 0 Å². The summed E-state index contributed by atoms with van der Waals surface area (Å²) in [4.78, 5) is 29.7. The van der Waals surface area contributed by atoms with E-state index in [9.17, 15) is 9.59 Å². The normalized spacial score (nSPS) is 36.7. The van der Waals surface area contributed by atoms with Gasteiger partial charge < -0.3 is 14.2 Å². The summed E-state index contributed by atoms with van der Waals surface area (Å²) in [5, 5.41) is 0. The number of rotatable bonds is 2. The molecule has 4 bridgehead atoms. The summed E-state index contributed by atoms with van der Waals surface area (Å²) < 4.78 is 5.01. The lowest BCUT2D eigenvalue weighted by Gasteiger charge is -2.57. The number of furan rings is 1. The van der Waals surface area contributed by atoms with Crippen molar-refractivity contribution in [2.45, 2.75) is 38.5 Å². The van der Waals surface area contributed by atoms with Crippen LogP contribution in [0.15, 0.2) is 23.0 Å². The zero-order chi connectivity index (χ0) is 17.0. The van der Waals surface area contributed by atoms with Crippen LogP contribution in [0.5, 0.6) is 0 Å². The van der Waals surface area contributed by atoms with Crippen molar-refractivity contribution in [1.29, 1.82) is 0 Å². The van der Waals surface area contributed by atoms with Gasteiger partial charge in [-0.15, -0.1) is 0 Å². The van der Waals surface area contributed by atoms with Crippen molar-refractivity contribution in [3.8, 4) is 0 Å². The number of piperazine rings is 1. The molecule has 5 heteroatoms. The van der Waals surface area contributed by atoms with Gasteiger partial charge in [-0.05, 0) is 62.3 Å². The fourth-order valence-corrected chi connectivity index (χ4v) is 6.39. The van der Waals surface area contributed by atoms with E-state index in [1.807, 2.05) is 9.80 Å². The quantitative estimate of drug-likeness (QED) is 0.830. The first kappa shape index (κ1) is 15.5. The van der Waals surface area contributed by atoms with Crippen molar-refractivity contribution < 1.29 is 14.0 Å². The van der Waals surface area contributed by atoms with E-state index in [-0.39, 0.29) is 11.3 Å². The molecule has 1 aliphatic heterocycles. The Balaban J connectivity index is 1.25. The third-order valence-corrected chi connectivity index (χ3v) is 7.11. The van der Waals surface area contributed by atoms with E-state index < -0.39 is 0 Å². The summed E-state index contributed by atoms with van der Waals surface area (Å²) in [6.07, 6.45) is 10.5. The second kappa shape index (κ2) is 5.61. The molecule has 6 rings (SSSR count). The van der Waals surface area contributed by atoms with Crippen LogP contribution >= 0.6 is 0 Å². The van der Waals surface area contributed by atoms with Crippen molar-refractivity contribution in [3.05, 3.63) is 24.2 Å². The highest BCUT2D eigenvalue weighted by atomic mass is 16.3. The van der Waals surface area contributed by atoms with E-state index in [1.165, 1.54) is 31.8 Å². The van der Waals surface area contributed by atoms with Crippen LogP contribution in [0.25, 0.3) is 0 Å². The fourth-order valence-electron chi connectivity index (χ4n) is 6.39. The number of nitrogens with zero attached hydrogens (tertiary/aromatic N) is 2. The lowest BCUT2D eigenvalue weighted by atomic mass is 9.49. The lowest BCUT2D eigenvalue weighted by Crippen LogP contribution is -2.58. The van der Waals surface area contributed by atoms with Crippen molar-refractivity contribution in [1.82, 2.24) is 9.80 Å². The first-order valence-corrected chi connectivity index (χ1v) is 9.74. The SMILES string of the molecule is O=C(c1ccoc1)N1CCN(C(=O)C23CC4CC(CC(C4)C2)C3)CC1. The van der Waals surface area contributed by atoms with Crippen LogP contribution < -0.4 is 0 Å². The van der Waals surface area contributed by atoms with Gasteiger partial charge in [-0.3, -0.25) is 9.59 Å². The summed E-state index contributed by atoms with van der Waals surface area (Å²) >= 11 is 0. The second-order valence-electron chi connectivity index (χ2n) is 8.79. The first-order valence-electron chi connectivity index (χ1n) is 9.74. The molecule has 0 N–H and O–H groups in total. The van der Waals surface area contributed by atoms with Crippen molar-refractivity contribution in [2.24, 2.45) is 23.2 Å². The molecular weight excluding hydrogens is 316 g/mol. The molecule has 0 radical (unpaired) electrons. The monoisotopic (exact) mass is 342 g/mol. The van der Waals surface area contributed by atoms with Crippen LogP contribution in [0.1, 0.15) is 48.9 Å². The zero-order valence-electron chi connectivity index (χ0n) is 14.7. The topological polar surface area (TPSA) is 53.8 Å². The van der Waals surface area contributed by atoms with E-state index in [2.05, 4.69) is 0 Å². The molecular formula is C20H26N2O3. The van der Waals surface area contributed by atoms with Gasteiger partial charge in [0, 0.05) is 26.2 Å². The third-order valence-electron chi connectivity index (χ3n) is 7.11. The molecule has 1 saturated heterocycles. The maximum absolute atomic E-state index is 13.4. The minimum atomic E-state index is -0.0640. The number of hydrogen-bond acceptors (Lipinski definition) is 3. The summed E-state index contributed by atoms with van der Waals surface area (Å²) in [6.45, 7) is 2.60. The molecule has 5 nitrogen and oxygen atoms in total. The van der Waals surface area contributed by atoms with E-state index in [1.54, 1.807) is 6.07 Å². The number of hydrogen-bond donors (Lipinski definition) is 0. The molecule has 2 amide bonds. The standard InChI is InChI=1S/C20H26N2O3/c23-18(17-1-6-25-13-17)21-2-4-22(5-3-21)19(24)20-10-14-7-15(11-20)9-16(8-14)12-20/h1,6,13-16H,2-5,7-12H2. The third kappa shape index (κ3) is 2.51. The predicted molar refractivity (Wildman–Crippen MR) is 91.8 cm³/mol. The van der Waals surface area contributed by atoms with Gasteiger partial charge in [0.2, 0.25) is 5.91 Å². The molecule has 25 heavy (non-hydrogen) atoms. The molecule has 4 aliphatic carbocycles. The van der Waals surface area contributed by atoms with E-state index in [0.717, 1.165) is 37.0 Å². The molecule has 0 aromatic carbocycles. The van der Waals surface area contributed by atoms with Crippen LogP contribution in [-0.2, 0) is 4.79 Å². The minimum Gasteiger partial charge on any atom is -0.472 e. The second-order valence-corrected chi connectivity index (χ2v) is 8.79. The molecule has 1 aromatic heterocycles. The molecule has 0 atom stereocenters. The van der Waals surface area contributed by atoms with E-state index in [0.29, 0.717) is 37.6 Å². The van der Waals surface area contributed by atoms with Crippen molar-refractivity contribution in [2.75, 3.05) is 26.2 Å². The highest BCUT2D eigenvalue weighted by Gasteiger charge is 2.55. The van der Waals surface area contributed by atoms with Crippen LogP contribution in [0, 0.1) is 23.2 Å². The molecule has 134 valence electrons. The highest BCUT2D eigenvalue weighted by molar-refractivity contribution is 5.94. The summed E-state index contributed by atoms with van der Waals surface area (Å²) in [5.41, 5.74) is 0.534. The van der Waals surface area contributed by atoms with Crippen molar-refractivity contribution in [3.63, 3.8) is 0 Å². The zero-order valence-corrected chi connectivity index (χ0v) is 14.7. The molecule has 4 saturated carbocycles. The van der Waals surface area contributed by atoms with Gasteiger partial charge in [0.05, 0.1) is 17.2 Å². The van der Waals surface area contributed by atoms with Crippen LogP contribution in [0.3, 0.4) is 0 Å². The lowest BCUT2D eigenvalue weighted by molar-refractivity contribution is -0.159. The minimum absolute atomic E-state index is 0.00986. The maximum Gasteiger partial charge on any atom is 0.257 e. The Bertz CT molecular complexity index is 638. The summed E-state index contributed by atoms with van der Waals surface area (Å²) in [6, 6.07) is 1.70. The van der Waals surface area contributed by atoms with Crippen LogP contribution in [0.2, 0.25) is 0 Å². The predicted octanol–water partition coefficient (Wildman–Crippen LogP) is 2.78. The van der Waals surface area contributed by atoms with Gasteiger partial charge >= 0.3 is 0 Å². The average molecular weight is 342 g/mol. The van der Waals surface area contributed by atoms with Crippen LogP contribution in [0.4, 0.5) is 0 Å². The number of carbonyl (C=O) groups is 2. The molecule has 0 spiro atoms. The highest BCUT2D eigenvalue weighted by Crippen LogP contribution is 2.60.